The van der Waals surface area contributed by atoms with Gasteiger partial charge < -0.3 is 10.4 Å². The highest BCUT2D eigenvalue weighted by molar-refractivity contribution is 5.66. The predicted octanol–water partition coefficient (Wildman–Crippen LogP) is 2.84. The van der Waals surface area contributed by atoms with Crippen molar-refractivity contribution in [3.63, 3.8) is 0 Å². The molecule has 0 saturated heterocycles. The van der Waals surface area contributed by atoms with E-state index in [1.807, 2.05) is 6.92 Å². The molecule has 0 aliphatic heterocycles. The molecular formula is C14H19NO2. The van der Waals surface area contributed by atoms with Gasteiger partial charge in [0.2, 0.25) is 0 Å². The van der Waals surface area contributed by atoms with Crippen LogP contribution in [0.15, 0.2) is 18.2 Å². The number of anilines is 1. The van der Waals surface area contributed by atoms with Gasteiger partial charge in [-0.1, -0.05) is 6.07 Å². The lowest BCUT2D eigenvalue weighted by molar-refractivity contribution is -0.137. The van der Waals surface area contributed by atoms with Gasteiger partial charge >= 0.3 is 5.97 Å². The van der Waals surface area contributed by atoms with Crippen LogP contribution in [0.5, 0.6) is 0 Å². The summed E-state index contributed by atoms with van der Waals surface area (Å²) in [5.41, 5.74) is 4.03. The van der Waals surface area contributed by atoms with Gasteiger partial charge in [-0.2, -0.15) is 0 Å². The first-order valence-electron chi connectivity index (χ1n) is 6.25. The van der Waals surface area contributed by atoms with Crippen LogP contribution in [-0.2, 0) is 17.6 Å². The monoisotopic (exact) mass is 233 g/mol. The quantitative estimate of drug-likeness (QED) is 0.822. The maximum Gasteiger partial charge on any atom is 0.303 e. The molecule has 1 aliphatic carbocycles. The number of aryl methyl sites for hydroxylation is 2. The van der Waals surface area contributed by atoms with Crippen LogP contribution in [0, 0.1) is 0 Å². The fraction of sp³-hybridized carbons (Fsp3) is 0.500. The minimum atomic E-state index is -0.729. The molecule has 0 amide bonds. The molecule has 2 N–H and O–H groups in total. The van der Waals surface area contributed by atoms with E-state index in [1.165, 1.54) is 30.4 Å². The van der Waals surface area contributed by atoms with Crippen LogP contribution in [0.4, 0.5) is 5.69 Å². The number of hydrogen-bond acceptors (Lipinski definition) is 2. The molecule has 1 unspecified atom stereocenters. The fourth-order valence-electron chi connectivity index (χ4n) is 2.36. The molecule has 3 heteroatoms. The molecule has 0 bridgehead atoms. The van der Waals surface area contributed by atoms with Gasteiger partial charge in [-0.05, 0) is 55.9 Å². The molecule has 17 heavy (non-hydrogen) atoms. The van der Waals surface area contributed by atoms with E-state index in [9.17, 15) is 4.79 Å². The summed E-state index contributed by atoms with van der Waals surface area (Å²) in [6.07, 6.45) is 4.51. The summed E-state index contributed by atoms with van der Waals surface area (Å²) in [4.78, 5) is 10.5. The molecule has 2 rings (SSSR count). The number of carboxylic acids is 1. The zero-order valence-electron chi connectivity index (χ0n) is 10.2. The van der Waals surface area contributed by atoms with Crippen molar-refractivity contribution < 1.29 is 9.90 Å². The van der Waals surface area contributed by atoms with Gasteiger partial charge in [0, 0.05) is 18.2 Å². The molecule has 0 heterocycles. The highest BCUT2D eigenvalue weighted by atomic mass is 16.4. The number of carboxylic acid groups (broad SMARTS) is 1. The Balaban J connectivity index is 1.92. The average molecular weight is 233 g/mol. The normalized spacial score (nSPS) is 15.4. The van der Waals surface area contributed by atoms with Gasteiger partial charge in [-0.3, -0.25) is 4.79 Å². The largest absolute Gasteiger partial charge is 0.481 e. The van der Waals surface area contributed by atoms with Crippen LogP contribution < -0.4 is 5.32 Å². The summed E-state index contributed by atoms with van der Waals surface area (Å²) >= 11 is 0. The van der Waals surface area contributed by atoms with Gasteiger partial charge in [0.05, 0.1) is 0 Å². The number of benzene rings is 1. The van der Waals surface area contributed by atoms with E-state index in [0.29, 0.717) is 6.42 Å². The zero-order valence-corrected chi connectivity index (χ0v) is 10.2. The van der Waals surface area contributed by atoms with E-state index in [0.717, 1.165) is 5.69 Å². The third-order valence-electron chi connectivity index (χ3n) is 3.30. The van der Waals surface area contributed by atoms with E-state index in [4.69, 9.17) is 5.11 Å². The molecule has 1 aromatic carbocycles. The molecule has 1 aromatic rings. The van der Waals surface area contributed by atoms with E-state index >= 15 is 0 Å². The summed E-state index contributed by atoms with van der Waals surface area (Å²) in [5.74, 6) is -0.729. The number of hydrogen-bond donors (Lipinski definition) is 2. The van der Waals surface area contributed by atoms with Gasteiger partial charge in [-0.15, -0.1) is 0 Å². The second-order valence-corrected chi connectivity index (χ2v) is 4.81. The van der Waals surface area contributed by atoms with Crippen LogP contribution in [-0.4, -0.2) is 17.1 Å². The van der Waals surface area contributed by atoms with Crippen molar-refractivity contribution in [1.29, 1.82) is 0 Å². The Hall–Kier alpha value is -1.51. The van der Waals surface area contributed by atoms with Crippen molar-refractivity contribution in [3.05, 3.63) is 29.3 Å². The topological polar surface area (TPSA) is 49.3 Å². The number of aliphatic carboxylic acids is 1. The van der Waals surface area contributed by atoms with Crippen molar-refractivity contribution in [2.45, 2.75) is 45.1 Å². The lowest BCUT2D eigenvalue weighted by Crippen LogP contribution is -2.16. The van der Waals surface area contributed by atoms with E-state index in [2.05, 4.69) is 23.5 Å². The second-order valence-electron chi connectivity index (χ2n) is 4.81. The van der Waals surface area contributed by atoms with Crippen LogP contribution >= 0.6 is 0 Å². The van der Waals surface area contributed by atoms with Gasteiger partial charge in [-0.25, -0.2) is 0 Å². The SMILES string of the molecule is CC(CCC(=O)O)Nc1ccc2c(c1)CCC2. The highest BCUT2D eigenvalue weighted by Crippen LogP contribution is 2.25. The molecule has 0 spiro atoms. The summed E-state index contributed by atoms with van der Waals surface area (Å²) in [5, 5.41) is 12.0. The first-order valence-corrected chi connectivity index (χ1v) is 6.25. The molecule has 0 fully saturated rings. The first-order chi connectivity index (χ1) is 8.15. The van der Waals surface area contributed by atoms with E-state index in [-0.39, 0.29) is 12.5 Å². The smallest absolute Gasteiger partial charge is 0.303 e. The van der Waals surface area contributed by atoms with E-state index in [1.54, 1.807) is 0 Å². The fourth-order valence-corrected chi connectivity index (χ4v) is 2.36. The van der Waals surface area contributed by atoms with Gasteiger partial charge in [0.15, 0.2) is 0 Å². The van der Waals surface area contributed by atoms with Crippen molar-refractivity contribution in [2.24, 2.45) is 0 Å². The molecule has 0 radical (unpaired) electrons. The number of fused-ring (bicyclic) bond motifs is 1. The van der Waals surface area contributed by atoms with Crippen LogP contribution in [0.2, 0.25) is 0 Å². The number of carbonyl (C=O) groups is 1. The highest BCUT2D eigenvalue weighted by Gasteiger charge is 2.11. The average Bonchev–Trinajstić information content (AvgIpc) is 2.73. The Bertz CT molecular complexity index is 415. The first kappa shape index (κ1) is 12.0. The summed E-state index contributed by atoms with van der Waals surface area (Å²) in [6.45, 7) is 2.02. The summed E-state index contributed by atoms with van der Waals surface area (Å²) in [7, 11) is 0. The number of nitrogens with one attached hydrogen (secondary N) is 1. The van der Waals surface area contributed by atoms with Crippen molar-refractivity contribution in [1.82, 2.24) is 0 Å². The predicted molar refractivity (Wildman–Crippen MR) is 68.4 cm³/mol. The summed E-state index contributed by atoms with van der Waals surface area (Å²) in [6, 6.07) is 6.70. The molecule has 3 nitrogen and oxygen atoms in total. The minimum Gasteiger partial charge on any atom is -0.481 e. The Kier molecular flexibility index (Phi) is 3.67. The van der Waals surface area contributed by atoms with Crippen molar-refractivity contribution in [3.8, 4) is 0 Å². The van der Waals surface area contributed by atoms with Crippen LogP contribution in [0.3, 0.4) is 0 Å². The molecule has 1 atom stereocenters. The molecular weight excluding hydrogens is 214 g/mol. The maximum absolute atomic E-state index is 10.5. The molecule has 92 valence electrons. The third kappa shape index (κ3) is 3.22. The zero-order chi connectivity index (χ0) is 12.3. The Morgan fingerprint density at radius 3 is 2.94 bits per heavy atom. The molecule has 0 aromatic heterocycles. The maximum atomic E-state index is 10.5. The van der Waals surface area contributed by atoms with Crippen molar-refractivity contribution in [2.75, 3.05) is 5.32 Å². The number of rotatable bonds is 5. The summed E-state index contributed by atoms with van der Waals surface area (Å²) < 4.78 is 0. The third-order valence-corrected chi connectivity index (χ3v) is 3.30. The van der Waals surface area contributed by atoms with Gasteiger partial charge in [0.1, 0.15) is 0 Å². The standard InChI is InChI=1S/C14H19NO2/c1-10(5-8-14(16)17)15-13-7-6-11-3-2-4-12(11)9-13/h6-7,9-10,15H,2-5,8H2,1H3,(H,16,17). The molecule has 1 aliphatic rings. The Labute approximate surface area is 102 Å². The van der Waals surface area contributed by atoms with Crippen LogP contribution in [0.25, 0.3) is 0 Å². The lowest BCUT2D eigenvalue weighted by Gasteiger charge is -2.15. The van der Waals surface area contributed by atoms with Crippen LogP contribution in [0.1, 0.15) is 37.3 Å². The minimum absolute atomic E-state index is 0.200. The molecule has 0 saturated carbocycles. The second kappa shape index (κ2) is 5.21. The van der Waals surface area contributed by atoms with Gasteiger partial charge in [0.25, 0.3) is 0 Å². The lowest BCUT2D eigenvalue weighted by atomic mass is 10.1. The Morgan fingerprint density at radius 2 is 2.18 bits per heavy atom. The van der Waals surface area contributed by atoms with E-state index < -0.39 is 5.97 Å². The Morgan fingerprint density at radius 1 is 1.41 bits per heavy atom. The van der Waals surface area contributed by atoms with Crippen molar-refractivity contribution >= 4 is 11.7 Å².